The predicted octanol–water partition coefficient (Wildman–Crippen LogP) is 4.22. The van der Waals surface area contributed by atoms with Crippen LogP contribution in [0.25, 0.3) is 0 Å². The Morgan fingerprint density at radius 1 is 0.944 bits per heavy atom. The van der Waals surface area contributed by atoms with Crippen LogP contribution in [0.5, 0.6) is 0 Å². The maximum absolute atomic E-state index is 10.9. The van der Waals surface area contributed by atoms with E-state index in [4.69, 9.17) is 11.6 Å². The average Bonchev–Trinajstić information content (AvgIpc) is 2.36. The van der Waals surface area contributed by atoms with Crippen molar-refractivity contribution in [2.75, 3.05) is 6.54 Å². The van der Waals surface area contributed by atoms with Gasteiger partial charge in [0.05, 0.1) is 0 Å². The Bertz CT molecular complexity index is 255. The molecule has 0 unspecified atom stereocenters. The number of carbonyl (C=O) groups excluding carboxylic acids is 1. The van der Waals surface area contributed by atoms with E-state index in [1.54, 1.807) is 0 Å². The minimum atomic E-state index is -0.277. The van der Waals surface area contributed by atoms with Crippen molar-refractivity contribution >= 4 is 17.5 Å². The molecule has 18 heavy (non-hydrogen) atoms. The molecule has 0 aromatic heterocycles. The molecule has 0 fully saturated rings. The largest absolute Gasteiger partial charge is 0.345 e. The van der Waals surface area contributed by atoms with Gasteiger partial charge in [-0.3, -0.25) is 4.79 Å². The van der Waals surface area contributed by atoms with Gasteiger partial charge in [-0.05, 0) is 18.0 Å². The Morgan fingerprint density at radius 3 is 1.94 bits per heavy atom. The molecule has 0 aliphatic carbocycles. The first-order valence-corrected chi connectivity index (χ1v) is 7.58. The van der Waals surface area contributed by atoms with Gasteiger partial charge in [-0.15, -0.1) is 0 Å². The minimum absolute atomic E-state index is 0.277. The molecule has 1 amide bonds. The van der Waals surface area contributed by atoms with E-state index in [2.05, 4.69) is 23.5 Å². The number of carbonyl (C=O) groups is 1. The second-order valence-corrected chi connectivity index (χ2v) is 4.85. The number of nitrogens with one attached hydrogen (secondary N) is 1. The first-order chi connectivity index (χ1) is 8.81. The van der Waals surface area contributed by atoms with Crippen molar-refractivity contribution in [3.63, 3.8) is 0 Å². The van der Waals surface area contributed by atoms with Gasteiger partial charge in [-0.25, -0.2) is 0 Å². The number of halogens is 1. The molecule has 0 rings (SSSR count). The molecule has 0 atom stereocenters. The average molecular weight is 272 g/mol. The van der Waals surface area contributed by atoms with Gasteiger partial charge in [0.15, 0.2) is 0 Å². The van der Waals surface area contributed by atoms with E-state index in [9.17, 15) is 4.79 Å². The molecule has 3 heteroatoms. The Morgan fingerprint density at radius 2 is 1.44 bits per heavy atom. The van der Waals surface area contributed by atoms with Crippen molar-refractivity contribution in [3.05, 3.63) is 0 Å². The Labute approximate surface area is 117 Å². The lowest BCUT2D eigenvalue weighted by Gasteiger charge is -2.02. The summed E-state index contributed by atoms with van der Waals surface area (Å²) in [6, 6.07) is 0. The smallest absolute Gasteiger partial charge is 0.297 e. The summed E-state index contributed by atoms with van der Waals surface area (Å²) < 4.78 is 0. The van der Waals surface area contributed by atoms with E-state index in [1.807, 2.05) is 0 Å². The molecule has 0 aliphatic rings. The zero-order chi connectivity index (χ0) is 13.5. The molecule has 0 heterocycles. The predicted molar refractivity (Wildman–Crippen MR) is 78.5 cm³/mol. The first kappa shape index (κ1) is 17.3. The second kappa shape index (κ2) is 14.4. The third kappa shape index (κ3) is 13.4. The maximum atomic E-state index is 10.9. The molecular weight excluding hydrogens is 246 g/mol. The van der Waals surface area contributed by atoms with Gasteiger partial charge in [0, 0.05) is 17.8 Å². The fourth-order valence-electron chi connectivity index (χ4n) is 1.90. The van der Waals surface area contributed by atoms with Gasteiger partial charge in [-0.1, -0.05) is 64.7 Å². The number of unbranched alkanes of at least 4 members (excludes halogenated alkanes) is 9. The summed E-state index contributed by atoms with van der Waals surface area (Å²) in [6.07, 6.45) is 13.0. The van der Waals surface area contributed by atoms with Crippen LogP contribution in [-0.2, 0) is 4.79 Å². The molecule has 0 aromatic rings. The zero-order valence-electron chi connectivity index (χ0n) is 11.6. The minimum Gasteiger partial charge on any atom is -0.345 e. The first-order valence-electron chi connectivity index (χ1n) is 7.20. The molecule has 0 bridgehead atoms. The highest BCUT2D eigenvalue weighted by atomic mass is 35.5. The van der Waals surface area contributed by atoms with Crippen LogP contribution in [-0.4, -0.2) is 12.5 Å². The van der Waals surface area contributed by atoms with E-state index < -0.39 is 0 Å². The number of amides is 1. The van der Waals surface area contributed by atoms with Gasteiger partial charge in [0.25, 0.3) is 5.91 Å². The van der Waals surface area contributed by atoms with Crippen molar-refractivity contribution in [1.82, 2.24) is 5.32 Å². The lowest BCUT2D eigenvalue weighted by Crippen LogP contribution is -2.22. The molecule has 0 spiro atoms. The highest BCUT2D eigenvalue weighted by Crippen LogP contribution is 2.10. The van der Waals surface area contributed by atoms with Crippen LogP contribution in [0, 0.1) is 11.3 Å². The Hall–Kier alpha value is -0.680. The summed E-state index contributed by atoms with van der Waals surface area (Å²) in [7, 11) is 0. The normalized spacial score (nSPS) is 9.67. The number of hydrogen-bond donors (Lipinski definition) is 1. The molecule has 0 radical (unpaired) electrons. The van der Waals surface area contributed by atoms with Crippen LogP contribution in [0.15, 0.2) is 0 Å². The maximum Gasteiger partial charge on any atom is 0.297 e. The van der Waals surface area contributed by atoms with E-state index in [-0.39, 0.29) is 5.91 Å². The van der Waals surface area contributed by atoms with Gasteiger partial charge < -0.3 is 5.32 Å². The molecule has 0 aromatic carbocycles. The summed E-state index contributed by atoms with van der Waals surface area (Å²) in [6.45, 7) is 2.96. The molecule has 104 valence electrons. The highest BCUT2D eigenvalue weighted by Gasteiger charge is 1.95. The molecular formula is C15H26ClNO. The molecule has 0 aliphatic heterocycles. The molecule has 0 saturated heterocycles. The quantitative estimate of drug-likeness (QED) is 0.442. The van der Waals surface area contributed by atoms with Crippen molar-refractivity contribution in [3.8, 4) is 11.3 Å². The summed E-state index contributed by atoms with van der Waals surface area (Å²) >= 11 is 5.12. The van der Waals surface area contributed by atoms with E-state index in [0.29, 0.717) is 6.54 Å². The van der Waals surface area contributed by atoms with Crippen LogP contribution in [0.3, 0.4) is 0 Å². The SMILES string of the molecule is CCCCCCCCCCCCNC(=O)C#CCl. The van der Waals surface area contributed by atoms with Gasteiger partial charge in [-0.2, -0.15) is 0 Å². The van der Waals surface area contributed by atoms with Crippen molar-refractivity contribution in [2.45, 2.75) is 71.1 Å². The van der Waals surface area contributed by atoms with Crippen molar-refractivity contribution < 1.29 is 4.79 Å². The van der Waals surface area contributed by atoms with Crippen LogP contribution < -0.4 is 5.32 Å². The molecule has 0 saturated carbocycles. The third-order valence-corrected chi connectivity index (χ3v) is 3.07. The Kier molecular flexibility index (Phi) is 13.8. The fraction of sp³-hybridized carbons (Fsp3) is 0.800. The number of hydrogen-bond acceptors (Lipinski definition) is 1. The summed E-state index contributed by atoms with van der Waals surface area (Å²) in [4.78, 5) is 10.9. The lowest BCUT2D eigenvalue weighted by atomic mass is 10.1. The van der Waals surface area contributed by atoms with Crippen LogP contribution >= 0.6 is 11.6 Å². The van der Waals surface area contributed by atoms with Crippen molar-refractivity contribution in [2.24, 2.45) is 0 Å². The van der Waals surface area contributed by atoms with E-state index in [1.165, 1.54) is 57.8 Å². The summed E-state index contributed by atoms with van der Waals surface area (Å²) in [5.41, 5.74) is 0. The van der Waals surface area contributed by atoms with Crippen LogP contribution in [0.4, 0.5) is 0 Å². The topological polar surface area (TPSA) is 29.1 Å². The Balaban J connectivity index is 3.07. The lowest BCUT2D eigenvalue weighted by molar-refractivity contribution is -0.115. The standard InChI is InChI=1S/C15H26ClNO/c1-2-3-4-5-6-7-8-9-10-11-14-17-15(18)12-13-16/h2-11,14H2,1H3,(H,17,18). The zero-order valence-corrected chi connectivity index (χ0v) is 12.3. The molecule has 1 N–H and O–H groups in total. The summed E-state index contributed by atoms with van der Waals surface area (Å²) in [5.74, 6) is 1.97. The monoisotopic (exact) mass is 271 g/mol. The van der Waals surface area contributed by atoms with Gasteiger partial charge >= 0.3 is 0 Å². The van der Waals surface area contributed by atoms with Gasteiger partial charge in [0.1, 0.15) is 0 Å². The fourth-order valence-corrected chi connectivity index (χ4v) is 1.99. The number of rotatable bonds is 11. The van der Waals surface area contributed by atoms with E-state index in [0.717, 1.165) is 6.42 Å². The third-order valence-electron chi connectivity index (χ3n) is 2.98. The van der Waals surface area contributed by atoms with Crippen LogP contribution in [0.2, 0.25) is 0 Å². The summed E-state index contributed by atoms with van der Waals surface area (Å²) in [5, 5.41) is 4.78. The highest BCUT2D eigenvalue weighted by molar-refractivity contribution is 6.31. The molecule has 2 nitrogen and oxygen atoms in total. The van der Waals surface area contributed by atoms with Crippen molar-refractivity contribution in [1.29, 1.82) is 0 Å². The second-order valence-electron chi connectivity index (χ2n) is 4.66. The van der Waals surface area contributed by atoms with Gasteiger partial charge in [0.2, 0.25) is 0 Å². The van der Waals surface area contributed by atoms with E-state index >= 15 is 0 Å². The van der Waals surface area contributed by atoms with Crippen LogP contribution in [0.1, 0.15) is 71.1 Å².